The van der Waals surface area contributed by atoms with Gasteiger partial charge < -0.3 is 14.2 Å². The zero-order chi connectivity index (χ0) is 45.1. The number of rotatable bonds is 50. The molecule has 0 aliphatic heterocycles. The third-order valence-electron chi connectivity index (χ3n) is 12.2. The van der Waals surface area contributed by atoms with E-state index in [9.17, 15) is 14.4 Å². The zero-order valence-corrected chi connectivity index (χ0v) is 41.7. The third kappa shape index (κ3) is 48.9. The highest BCUT2D eigenvalue weighted by Crippen LogP contribution is 2.17. The molecule has 0 saturated carbocycles. The molecule has 0 fully saturated rings. The molecular formula is C56H104O6. The van der Waals surface area contributed by atoms with E-state index in [-0.39, 0.29) is 31.1 Å². The molecule has 0 heterocycles. The molecule has 62 heavy (non-hydrogen) atoms. The van der Waals surface area contributed by atoms with Crippen LogP contribution in [0.3, 0.4) is 0 Å². The van der Waals surface area contributed by atoms with Crippen LogP contribution < -0.4 is 0 Å². The molecule has 0 saturated heterocycles. The molecule has 0 radical (unpaired) electrons. The minimum absolute atomic E-state index is 0.0731. The first kappa shape index (κ1) is 59.9. The van der Waals surface area contributed by atoms with Crippen LogP contribution in [0.1, 0.15) is 297 Å². The van der Waals surface area contributed by atoms with E-state index >= 15 is 0 Å². The van der Waals surface area contributed by atoms with Crippen LogP contribution in [0.25, 0.3) is 0 Å². The van der Waals surface area contributed by atoms with Crippen LogP contribution in [-0.2, 0) is 28.6 Å². The van der Waals surface area contributed by atoms with Gasteiger partial charge in [-0.1, -0.05) is 257 Å². The number of hydrogen-bond acceptors (Lipinski definition) is 6. The van der Waals surface area contributed by atoms with E-state index in [0.717, 1.165) is 83.5 Å². The summed E-state index contributed by atoms with van der Waals surface area (Å²) < 4.78 is 16.7. The van der Waals surface area contributed by atoms with Crippen LogP contribution >= 0.6 is 0 Å². The van der Waals surface area contributed by atoms with Gasteiger partial charge in [-0.05, 0) is 44.9 Å². The molecular weight excluding hydrogens is 769 g/mol. The van der Waals surface area contributed by atoms with Gasteiger partial charge >= 0.3 is 17.9 Å². The van der Waals surface area contributed by atoms with Gasteiger partial charge in [0.05, 0.1) is 0 Å². The van der Waals surface area contributed by atoms with Crippen LogP contribution in [0.4, 0.5) is 0 Å². The maximum atomic E-state index is 12.7. The molecule has 1 atom stereocenters. The van der Waals surface area contributed by atoms with Crippen molar-refractivity contribution in [3.8, 4) is 0 Å². The quantitative estimate of drug-likeness (QED) is 0.0262. The van der Waals surface area contributed by atoms with Gasteiger partial charge in [0.15, 0.2) is 6.10 Å². The normalized spacial score (nSPS) is 12.1. The highest BCUT2D eigenvalue weighted by Gasteiger charge is 2.19. The number of carbonyl (C=O) groups is 3. The van der Waals surface area contributed by atoms with E-state index in [1.807, 2.05) is 0 Å². The molecule has 0 aromatic rings. The van der Waals surface area contributed by atoms with Gasteiger partial charge in [0.1, 0.15) is 13.2 Å². The lowest BCUT2D eigenvalue weighted by Gasteiger charge is -2.18. The minimum Gasteiger partial charge on any atom is -0.462 e. The van der Waals surface area contributed by atoms with Gasteiger partial charge in [-0.2, -0.15) is 0 Å². The molecule has 6 heteroatoms. The van der Waals surface area contributed by atoms with Crippen LogP contribution in [0.5, 0.6) is 0 Å². The molecule has 0 N–H and O–H groups in total. The molecule has 1 unspecified atom stereocenters. The fourth-order valence-electron chi connectivity index (χ4n) is 8.05. The number of hydrogen-bond donors (Lipinski definition) is 0. The van der Waals surface area contributed by atoms with Crippen molar-refractivity contribution in [2.24, 2.45) is 0 Å². The van der Waals surface area contributed by atoms with Gasteiger partial charge in [-0.25, -0.2) is 0 Å². The Hall–Kier alpha value is -2.11. The lowest BCUT2D eigenvalue weighted by Crippen LogP contribution is -2.30. The largest absolute Gasteiger partial charge is 0.462 e. The third-order valence-corrected chi connectivity index (χ3v) is 12.2. The molecule has 0 bridgehead atoms. The average molecular weight is 873 g/mol. The summed E-state index contributed by atoms with van der Waals surface area (Å²) in [6.45, 7) is 6.56. The summed E-state index contributed by atoms with van der Waals surface area (Å²) in [6.07, 6.45) is 59.2. The summed E-state index contributed by atoms with van der Waals surface area (Å²) >= 11 is 0. The van der Waals surface area contributed by atoms with Crippen LogP contribution in [0, 0.1) is 0 Å². The standard InChI is InChI=1S/C56H104O6/c1-4-7-10-13-16-18-20-22-24-25-26-27-28-29-30-31-32-33-35-36-38-40-43-46-49-55(58)61-52-53(51-60-54(57)48-45-42-15-12-9-6-3)62-56(59)50-47-44-41-39-37-34-23-21-19-17-14-11-8-5-2/h14,17,21,23,53H,4-13,15-16,18-20,22,24-52H2,1-3H3/b17-14-,23-21-. The van der Waals surface area contributed by atoms with Gasteiger partial charge in [0.2, 0.25) is 0 Å². The van der Waals surface area contributed by atoms with Crippen LogP contribution in [-0.4, -0.2) is 37.2 Å². The predicted octanol–water partition coefficient (Wildman–Crippen LogP) is 17.9. The topological polar surface area (TPSA) is 78.9 Å². The van der Waals surface area contributed by atoms with E-state index < -0.39 is 6.10 Å². The summed E-state index contributed by atoms with van der Waals surface area (Å²) in [7, 11) is 0. The summed E-state index contributed by atoms with van der Waals surface area (Å²) in [5.41, 5.74) is 0. The first-order valence-corrected chi connectivity index (χ1v) is 27.3. The van der Waals surface area contributed by atoms with Crippen molar-refractivity contribution in [1.82, 2.24) is 0 Å². The Kier molecular flexibility index (Phi) is 49.8. The van der Waals surface area contributed by atoms with Gasteiger partial charge in [-0.15, -0.1) is 0 Å². The molecule has 364 valence electrons. The molecule has 0 aromatic carbocycles. The summed E-state index contributed by atoms with van der Waals surface area (Å²) in [6, 6.07) is 0. The van der Waals surface area contributed by atoms with Gasteiger partial charge in [0, 0.05) is 19.3 Å². The van der Waals surface area contributed by atoms with Gasteiger partial charge in [-0.3, -0.25) is 14.4 Å². The predicted molar refractivity (Wildman–Crippen MR) is 266 cm³/mol. The number of allylic oxidation sites excluding steroid dienone is 4. The Morgan fingerprint density at radius 2 is 0.597 bits per heavy atom. The number of esters is 3. The molecule has 0 amide bonds. The number of unbranched alkanes of at least 4 members (excludes halogenated alkanes) is 35. The summed E-state index contributed by atoms with van der Waals surface area (Å²) in [5, 5.41) is 0. The minimum atomic E-state index is -0.771. The molecule has 0 spiro atoms. The van der Waals surface area contributed by atoms with Crippen molar-refractivity contribution in [3.05, 3.63) is 24.3 Å². The highest BCUT2D eigenvalue weighted by atomic mass is 16.6. The zero-order valence-electron chi connectivity index (χ0n) is 41.7. The first-order valence-electron chi connectivity index (χ1n) is 27.3. The maximum absolute atomic E-state index is 12.7. The molecule has 0 aromatic heterocycles. The van der Waals surface area contributed by atoms with E-state index in [0.29, 0.717) is 19.3 Å². The molecule has 0 rings (SSSR count). The Labute approximate surface area is 385 Å². The second-order valence-corrected chi connectivity index (χ2v) is 18.5. The maximum Gasteiger partial charge on any atom is 0.306 e. The van der Waals surface area contributed by atoms with Crippen LogP contribution in [0.2, 0.25) is 0 Å². The van der Waals surface area contributed by atoms with E-state index in [1.165, 1.54) is 173 Å². The van der Waals surface area contributed by atoms with E-state index in [2.05, 4.69) is 45.1 Å². The number of carbonyl (C=O) groups excluding carboxylic acids is 3. The van der Waals surface area contributed by atoms with Crippen LogP contribution in [0.15, 0.2) is 24.3 Å². The van der Waals surface area contributed by atoms with Crippen molar-refractivity contribution in [2.75, 3.05) is 13.2 Å². The summed E-state index contributed by atoms with van der Waals surface area (Å²) in [4.78, 5) is 37.7. The first-order chi connectivity index (χ1) is 30.5. The van der Waals surface area contributed by atoms with E-state index in [4.69, 9.17) is 14.2 Å². The van der Waals surface area contributed by atoms with Gasteiger partial charge in [0.25, 0.3) is 0 Å². The lowest BCUT2D eigenvalue weighted by atomic mass is 10.0. The van der Waals surface area contributed by atoms with Crippen molar-refractivity contribution < 1.29 is 28.6 Å². The average Bonchev–Trinajstić information content (AvgIpc) is 3.27. The smallest absolute Gasteiger partial charge is 0.306 e. The SMILES string of the molecule is CCCC/C=C\C/C=C\CCCCCCCC(=O)OC(COC(=O)CCCCCCCC)COC(=O)CCCCCCCCCCCCCCCCCCCCCCCCCC. The monoisotopic (exact) mass is 873 g/mol. The second kappa shape index (κ2) is 51.5. The Morgan fingerprint density at radius 3 is 0.935 bits per heavy atom. The van der Waals surface area contributed by atoms with Crippen molar-refractivity contribution in [3.63, 3.8) is 0 Å². The van der Waals surface area contributed by atoms with E-state index in [1.54, 1.807) is 0 Å². The van der Waals surface area contributed by atoms with Crippen molar-refractivity contribution >= 4 is 17.9 Å². The van der Waals surface area contributed by atoms with Crippen molar-refractivity contribution in [2.45, 2.75) is 303 Å². The Bertz CT molecular complexity index is 1000. The fraction of sp³-hybridized carbons (Fsp3) is 0.875. The number of ether oxygens (including phenoxy) is 3. The molecule has 0 aliphatic carbocycles. The molecule has 6 nitrogen and oxygen atoms in total. The summed E-state index contributed by atoms with van der Waals surface area (Å²) in [5.74, 6) is -0.883. The Balaban J connectivity index is 4.07. The Morgan fingerprint density at radius 1 is 0.323 bits per heavy atom. The molecule has 0 aliphatic rings. The highest BCUT2D eigenvalue weighted by molar-refractivity contribution is 5.71. The second-order valence-electron chi connectivity index (χ2n) is 18.5. The van der Waals surface area contributed by atoms with Crippen molar-refractivity contribution in [1.29, 1.82) is 0 Å². The fourth-order valence-corrected chi connectivity index (χ4v) is 8.05. The lowest BCUT2D eigenvalue weighted by molar-refractivity contribution is -0.167.